The zero-order valence-electron chi connectivity index (χ0n) is 18.4. The van der Waals surface area contributed by atoms with Crippen molar-refractivity contribution in [2.75, 3.05) is 31.4 Å². The summed E-state index contributed by atoms with van der Waals surface area (Å²) in [5.74, 6) is 0.262. The number of benzene rings is 3. The average Bonchev–Trinajstić information content (AvgIpc) is 2.84. The lowest BCUT2D eigenvalue weighted by Crippen LogP contribution is -2.28. The fraction of sp³-hybridized carbons (Fsp3) is 0.160. The van der Waals surface area contributed by atoms with E-state index in [0.29, 0.717) is 34.0 Å². The Labute approximate surface area is 191 Å². The molecular weight excluding hydrogens is 422 g/mol. The molecule has 0 aliphatic carbocycles. The van der Waals surface area contributed by atoms with E-state index in [1.807, 2.05) is 0 Å². The zero-order chi connectivity index (χ0) is 23.6. The van der Waals surface area contributed by atoms with Gasteiger partial charge in [-0.2, -0.15) is 0 Å². The third kappa shape index (κ3) is 6.57. The molecule has 170 valence electrons. The Bertz CT molecular complexity index is 1130. The van der Waals surface area contributed by atoms with Crippen LogP contribution in [-0.2, 0) is 4.79 Å². The molecule has 8 nitrogen and oxygen atoms in total. The lowest BCUT2D eigenvalue weighted by molar-refractivity contribution is -0.116. The van der Waals surface area contributed by atoms with Gasteiger partial charge in [0.15, 0.2) is 0 Å². The van der Waals surface area contributed by atoms with Crippen LogP contribution < -0.4 is 25.4 Å². The second kappa shape index (κ2) is 11.3. The minimum atomic E-state index is -0.359. The van der Waals surface area contributed by atoms with Gasteiger partial charge in [0.2, 0.25) is 5.91 Å². The van der Waals surface area contributed by atoms with Gasteiger partial charge < -0.3 is 25.4 Å². The topological polar surface area (TPSA) is 106 Å². The Balaban J connectivity index is 1.55. The summed E-state index contributed by atoms with van der Waals surface area (Å²) in [6.07, 6.45) is 0.0458. The number of hydrogen-bond acceptors (Lipinski definition) is 5. The molecule has 0 atom stereocenters. The molecule has 0 saturated carbocycles. The maximum atomic E-state index is 12.7. The Morgan fingerprint density at radius 3 is 2.21 bits per heavy atom. The Morgan fingerprint density at radius 1 is 0.758 bits per heavy atom. The minimum Gasteiger partial charge on any atom is -0.497 e. The van der Waals surface area contributed by atoms with Crippen molar-refractivity contribution >= 4 is 29.1 Å². The van der Waals surface area contributed by atoms with E-state index < -0.39 is 0 Å². The van der Waals surface area contributed by atoms with Gasteiger partial charge in [-0.15, -0.1) is 0 Å². The highest BCUT2D eigenvalue weighted by Crippen LogP contribution is 2.20. The van der Waals surface area contributed by atoms with Crippen molar-refractivity contribution in [1.82, 2.24) is 5.32 Å². The molecule has 0 aliphatic rings. The van der Waals surface area contributed by atoms with Crippen LogP contribution in [0, 0.1) is 0 Å². The molecule has 0 spiro atoms. The van der Waals surface area contributed by atoms with E-state index in [1.54, 1.807) is 79.9 Å². The first-order valence-corrected chi connectivity index (χ1v) is 10.3. The quantitative estimate of drug-likeness (QED) is 0.464. The zero-order valence-corrected chi connectivity index (χ0v) is 18.4. The number of amides is 3. The first-order chi connectivity index (χ1) is 16.0. The number of carbonyl (C=O) groups is 3. The Kier molecular flexibility index (Phi) is 8.02. The van der Waals surface area contributed by atoms with Gasteiger partial charge in [0.05, 0.1) is 25.5 Å². The van der Waals surface area contributed by atoms with Crippen LogP contribution in [0.4, 0.5) is 11.4 Å². The van der Waals surface area contributed by atoms with Crippen molar-refractivity contribution in [2.24, 2.45) is 0 Å². The van der Waals surface area contributed by atoms with Gasteiger partial charge in [0.25, 0.3) is 11.8 Å². The predicted molar refractivity (Wildman–Crippen MR) is 126 cm³/mol. The lowest BCUT2D eigenvalue weighted by Gasteiger charge is -2.12. The van der Waals surface area contributed by atoms with Crippen LogP contribution in [0.5, 0.6) is 11.5 Å². The Hall–Kier alpha value is -4.33. The number of nitrogens with one attached hydrogen (secondary N) is 3. The highest BCUT2D eigenvalue weighted by atomic mass is 16.5. The Morgan fingerprint density at radius 2 is 1.48 bits per heavy atom. The number of hydrogen-bond donors (Lipinski definition) is 3. The van der Waals surface area contributed by atoms with E-state index in [9.17, 15) is 14.4 Å². The minimum absolute atomic E-state index is 0.0458. The van der Waals surface area contributed by atoms with Gasteiger partial charge in [0, 0.05) is 24.2 Å². The maximum absolute atomic E-state index is 12.7. The van der Waals surface area contributed by atoms with Crippen LogP contribution in [0.15, 0.2) is 72.8 Å². The van der Waals surface area contributed by atoms with Crippen LogP contribution >= 0.6 is 0 Å². The van der Waals surface area contributed by atoms with Crippen molar-refractivity contribution in [3.63, 3.8) is 0 Å². The van der Waals surface area contributed by atoms with Crippen molar-refractivity contribution < 1.29 is 23.9 Å². The third-order valence-corrected chi connectivity index (χ3v) is 4.76. The summed E-state index contributed by atoms with van der Waals surface area (Å²) >= 11 is 0. The molecule has 0 aromatic heterocycles. The molecule has 3 aromatic carbocycles. The van der Waals surface area contributed by atoms with Gasteiger partial charge in [-0.3, -0.25) is 14.4 Å². The number of rotatable bonds is 9. The number of para-hydroxylation sites is 1. The highest BCUT2D eigenvalue weighted by Gasteiger charge is 2.14. The molecule has 0 aliphatic heterocycles. The SMILES string of the molecule is COc1ccc(NC(=O)c2ccccc2NC(=O)CCNC(=O)c2cccc(OC)c2)cc1. The normalized spacial score (nSPS) is 10.1. The van der Waals surface area contributed by atoms with Crippen molar-refractivity contribution in [2.45, 2.75) is 6.42 Å². The summed E-state index contributed by atoms with van der Waals surface area (Å²) in [7, 11) is 3.09. The number of carbonyl (C=O) groups excluding carboxylic acids is 3. The fourth-order valence-corrected chi connectivity index (χ4v) is 3.03. The molecule has 0 radical (unpaired) electrons. The van der Waals surface area contributed by atoms with Gasteiger partial charge in [-0.05, 0) is 54.6 Å². The molecule has 0 saturated heterocycles. The molecule has 3 N–H and O–H groups in total. The number of ether oxygens (including phenoxy) is 2. The summed E-state index contributed by atoms with van der Waals surface area (Å²) in [6.45, 7) is 0.141. The summed E-state index contributed by atoms with van der Waals surface area (Å²) in [6, 6.07) is 20.4. The van der Waals surface area contributed by atoms with E-state index >= 15 is 0 Å². The van der Waals surface area contributed by atoms with Gasteiger partial charge in [0.1, 0.15) is 11.5 Å². The lowest BCUT2D eigenvalue weighted by atomic mass is 10.1. The van der Waals surface area contributed by atoms with E-state index in [-0.39, 0.29) is 30.7 Å². The van der Waals surface area contributed by atoms with Crippen molar-refractivity contribution in [3.05, 3.63) is 83.9 Å². The molecule has 8 heteroatoms. The summed E-state index contributed by atoms with van der Waals surface area (Å²) in [5, 5.41) is 8.23. The maximum Gasteiger partial charge on any atom is 0.257 e. The first-order valence-electron chi connectivity index (χ1n) is 10.3. The molecule has 3 amide bonds. The highest BCUT2D eigenvalue weighted by molar-refractivity contribution is 6.10. The standard InChI is InChI=1S/C25H25N3O5/c1-32-19-12-10-18(11-13-19)27-25(31)21-8-3-4-9-22(21)28-23(29)14-15-26-24(30)17-6-5-7-20(16-17)33-2/h3-13,16H,14-15H2,1-2H3,(H,26,30)(H,27,31)(H,28,29). The van der Waals surface area contributed by atoms with E-state index in [0.717, 1.165) is 0 Å². The summed E-state index contributed by atoms with van der Waals surface area (Å²) < 4.78 is 10.2. The predicted octanol–water partition coefficient (Wildman–Crippen LogP) is 3.71. The van der Waals surface area contributed by atoms with Crippen molar-refractivity contribution in [1.29, 1.82) is 0 Å². The molecule has 0 unspecified atom stereocenters. The van der Waals surface area contributed by atoms with Crippen LogP contribution in [0.25, 0.3) is 0 Å². The average molecular weight is 447 g/mol. The molecule has 0 fully saturated rings. The van der Waals surface area contributed by atoms with Gasteiger partial charge >= 0.3 is 0 Å². The smallest absolute Gasteiger partial charge is 0.257 e. The first kappa shape index (κ1) is 23.3. The second-order valence-corrected chi connectivity index (χ2v) is 7.01. The van der Waals surface area contributed by atoms with Crippen LogP contribution in [0.3, 0.4) is 0 Å². The third-order valence-electron chi connectivity index (χ3n) is 4.76. The van der Waals surface area contributed by atoms with E-state index in [4.69, 9.17) is 9.47 Å². The van der Waals surface area contributed by atoms with Crippen molar-refractivity contribution in [3.8, 4) is 11.5 Å². The van der Waals surface area contributed by atoms with Gasteiger partial charge in [-0.25, -0.2) is 0 Å². The largest absolute Gasteiger partial charge is 0.497 e. The number of methoxy groups -OCH3 is 2. The fourth-order valence-electron chi connectivity index (χ4n) is 3.03. The summed E-state index contributed by atoms with van der Waals surface area (Å²) in [5.41, 5.74) is 1.74. The van der Waals surface area contributed by atoms with Gasteiger partial charge in [-0.1, -0.05) is 18.2 Å². The van der Waals surface area contributed by atoms with E-state index in [1.165, 1.54) is 7.11 Å². The molecule has 3 rings (SSSR count). The van der Waals surface area contributed by atoms with E-state index in [2.05, 4.69) is 16.0 Å². The van der Waals surface area contributed by atoms with Crippen LogP contribution in [-0.4, -0.2) is 38.5 Å². The molecule has 33 heavy (non-hydrogen) atoms. The van der Waals surface area contributed by atoms with Crippen LogP contribution in [0.2, 0.25) is 0 Å². The molecule has 0 heterocycles. The summed E-state index contributed by atoms with van der Waals surface area (Å²) in [4.78, 5) is 37.4. The molecular formula is C25H25N3O5. The second-order valence-electron chi connectivity index (χ2n) is 7.01. The monoisotopic (exact) mass is 447 g/mol. The molecule has 0 bridgehead atoms. The molecule has 3 aromatic rings. The van der Waals surface area contributed by atoms with Crippen LogP contribution in [0.1, 0.15) is 27.1 Å². The number of anilines is 2.